The molecule has 0 saturated carbocycles. The summed E-state index contributed by atoms with van der Waals surface area (Å²) in [6.45, 7) is 0.164. The first-order chi connectivity index (χ1) is 13.7. The van der Waals surface area contributed by atoms with E-state index in [1.807, 2.05) is 71.3 Å². The number of amides is 1. The van der Waals surface area contributed by atoms with Crippen molar-refractivity contribution >= 4 is 46.4 Å². The Morgan fingerprint density at radius 1 is 0.929 bits per heavy atom. The molecule has 0 aliphatic carbocycles. The van der Waals surface area contributed by atoms with Crippen LogP contribution in [0.25, 0.3) is 23.2 Å². The van der Waals surface area contributed by atoms with Crippen LogP contribution in [0.5, 0.6) is 0 Å². The van der Waals surface area contributed by atoms with Gasteiger partial charge in [0.1, 0.15) is 12.4 Å². The zero-order valence-corrected chi connectivity index (χ0v) is 15.8. The fourth-order valence-corrected chi connectivity index (χ4v) is 3.13. The summed E-state index contributed by atoms with van der Waals surface area (Å²) < 4.78 is 1.92. The van der Waals surface area contributed by atoms with Crippen LogP contribution in [0, 0.1) is 0 Å². The number of halogens is 1. The molecule has 1 heterocycles. The van der Waals surface area contributed by atoms with Crippen molar-refractivity contribution in [1.82, 2.24) is 9.55 Å². The fourth-order valence-electron chi connectivity index (χ4n) is 3.00. The molecule has 28 heavy (non-hydrogen) atoms. The molecule has 4 aromatic rings. The van der Waals surface area contributed by atoms with Crippen LogP contribution in [0.1, 0.15) is 11.4 Å². The highest BCUT2D eigenvalue weighted by Gasteiger charge is 2.12. The topological polar surface area (TPSA) is 46.9 Å². The van der Waals surface area contributed by atoms with Gasteiger partial charge in [-0.3, -0.25) is 4.79 Å². The van der Waals surface area contributed by atoms with Crippen molar-refractivity contribution in [3.63, 3.8) is 0 Å². The summed E-state index contributed by atoms with van der Waals surface area (Å²) in [6, 6.07) is 24.9. The Kier molecular flexibility index (Phi) is 5.22. The van der Waals surface area contributed by atoms with Crippen LogP contribution >= 0.6 is 11.6 Å². The minimum absolute atomic E-state index is 0.125. The highest BCUT2D eigenvalue weighted by molar-refractivity contribution is 6.30. The number of benzene rings is 3. The largest absolute Gasteiger partial charge is 0.325 e. The van der Waals surface area contributed by atoms with Gasteiger partial charge in [0.2, 0.25) is 5.91 Å². The Balaban J connectivity index is 1.62. The second kappa shape index (κ2) is 8.11. The molecule has 1 amide bonds. The van der Waals surface area contributed by atoms with Crippen molar-refractivity contribution in [1.29, 1.82) is 0 Å². The molecule has 3 aromatic carbocycles. The third kappa shape index (κ3) is 4.13. The third-order valence-electron chi connectivity index (χ3n) is 4.34. The molecule has 0 unspecified atom stereocenters. The second-order valence-electron chi connectivity index (χ2n) is 6.34. The Morgan fingerprint density at radius 3 is 2.43 bits per heavy atom. The van der Waals surface area contributed by atoms with Crippen molar-refractivity contribution in [2.45, 2.75) is 6.54 Å². The molecule has 0 fully saturated rings. The van der Waals surface area contributed by atoms with Gasteiger partial charge < -0.3 is 9.88 Å². The van der Waals surface area contributed by atoms with Gasteiger partial charge in [0, 0.05) is 10.7 Å². The standard InChI is InChI=1S/C23H18ClN3O/c24-18-11-13-19(14-12-18)25-23(28)16-27-21-9-5-4-8-20(21)26-22(27)15-10-17-6-2-1-3-7-17/h1-15H,16H2,(H,25,28). The van der Waals surface area contributed by atoms with Gasteiger partial charge in [-0.25, -0.2) is 4.98 Å². The van der Waals surface area contributed by atoms with E-state index >= 15 is 0 Å². The van der Waals surface area contributed by atoms with Gasteiger partial charge in [-0.1, -0.05) is 60.1 Å². The quantitative estimate of drug-likeness (QED) is 0.491. The van der Waals surface area contributed by atoms with Crippen LogP contribution in [0.4, 0.5) is 5.69 Å². The number of nitrogens with zero attached hydrogens (tertiary/aromatic N) is 2. The molecule has 4 nitrogen and oxygen atoms in total. The highest BCUT2D eigenvalue weighted by atomic mass is 35.5. The van der Waals surface area contributed by atoms with Crippen LogP contribution in [0.3, 0.4) is 0 Å². The number of aromatic nitrogens is 2. The zero-order valence-electron chi connectivity index (χ0n) is 15.0. The summed E-state index contributed by atoms with van der Waals surface area (Å²) in [4.78, 5) is 17.3. The molecule has 0 spiro atoms. The molecule has 1 aromatic heterocycles. The van der Waals surface area contributed by atoms with Gasteiger partial charge in [0.25, 0.3) is 0 Å². The molecule has 5 heteroatoms. The van der Waals surface area contributed by atoms with Crippen molar-refractivity contribution in [3.8, 4) is 0 Å². The fraction of sp³-hybridized carbons (Fsp3) is 0.0435. The molecular formula is C23H18ClN3O. The molecule has 0 atom stereocenters. The van der Waals surface area contributed by atoms with Gasteiger partial charge in [0.15, 0.2) is 0 Å². The van der Waals surface area contributed by atoms with Crippen molar-refractivity contribution < 1.29 is 4.79 Å². The number of anilines is 1. The second-order valence-corrected chi connectivity index (χ2v) is 6.78. The number of hydrogen-bond acceptors (Lipinski definition) is 2. The van der Waals surface area contributed by atoms with E-state index in [0.29, 0.717) is 10.7 Å². The average molecular weight is 388 g/mol. The number of para-hydroxylation sites is 2. The van der Waals surface area contributed by atoms with Gasteiger partial charge in [0.05, 0.1) is 11.0 Å². The lowest BCUT2D eigenvalue weighted by molar-refractivity contribution is -0.116. The number of nitrogens with one attached hydrogen (secondary N) is 1. The lowest BCUT2D eigenvalue weighted by atomic mass is 10.2. The molecule has 0 saturated heterocycles. The Hall–Kier alpha value is -3.37. The minimum Gasteiger partial charge on any atom is -0.325 e. The normalized spacial score (nSPS) is 11.2. The van der Waals surface area contributed by atoms with E-state index < -0.39 is 0 Å². The summed E-state index contributed by atoms with van der Waals surface area (Å²) in [7, 11) is 0. The average Bonchev–Trinajstić information content (AvgIpc) is 3.06. The number of carbonyl (C=O) groups excluding carboxylic acids is 1. The molecule has 0 radical (unpaired) electrons. The first-order valence-electron chi connectivity index (χ1n) is 8.93. The maximum atomic E-state index is 12.6. The predicted molar refractivity (Wildman–Crippen MR) is 115 cm³/mol. The summed E-state index contributed by atoms with van der Waals surface area (Å²) in [5.74, 6) is 0.608. The minimum atomic E-state index is -0.125. The van der Waals surface area contributed by atoms with E-state index in [0.717, 1.165) is 22.4 Å². The van der Waals surface area contributed by atoms with E-state index in [1.54, 1.807) is 24.3 Å². The molecule has 1 N–H and O–H groups in total. The van der Waals surface area contributed by atoms with Gasteiger partial charge in [-0.05, 0) is 48.0 Å². The smallest absolute Gasteiger partial charge is 0.244 e. The summed E-state index contributed by atoms with van der Waals surface area (Å²) in [6.07, 6.45) is 3.93. The van der Waals surface area contributed by atoms with Gasteiger partial charge in [-0.15, -0.1) is 0 Å². The maximum Gasteiger partial charge on any atom is 0.244 e. The van der Waals surface area contributed by atoms with Crippen LogP contribution in [0.15, 0.2) is 78.9 Å². The lowest BCUT2D eigenvalue weighted by Gasteiger charge is -2.09. The maximum absolute atomic E-state index is 12.6. The molecule has 0 bridgehead atoms. The number of carbonyl (C=O) groups is 1. The first-order valence-corrected chi connectivity index (χ1v) is 9.31. The number of hydrogen-bond donors (Lipinski definition) is 1. The Labute approximate surface area is 168 Å². The lowest BCUT2D eigenvalue weighted by Crippen LogP contribution is -2.19. The van der Waals surface area contributed by atoms with Crippen molar-refractivity contribution in [2.24, 2.45) is 0 Å². The van der Waals surface area contributed by atoms with Crippen LogP contribution < -0.4 is 5.32 Å². The first kappa shape index (κ1) is 18.0. The van der Waals surface area contributed by atoms with Gasteiger partial charge >= 0.3 is 0 Å². The van der Waals surface area contributed by atoms with Crippen LogP contribution in [-0.4, -0.2) is 15.5 Å². The predicted octanol–water partition coefficient (Wildman–Crippen LogP) is 5.50. The molecule has 4 rings (SSSR count). The number of imidazole rings is 1. The van der Waals surface area contributed by atoms with E-state index in [4.69, 9.17) is 11.6 Å². The van der Waals surface area contributed by atoms with Crippen molar-refractivity contribution in [3.05, 3.63) is 95.3 Å². The van der Waals surface area contributed by atoms with E-state index in [2.05, 4.69) is 10.3 Å². The Bertz CT molecular complexity index is 1130. The Morgan fingerprint density at radius 2 is 1.64 bits per heavy atom. The zero-order chi connectivity index (χ0) is 19.3. The van der Waals surface area contributed by atoms with Gasteiger partial charge in [-0.2, -0.15) is 0 Å². The molecule has 0 aliphatic rings. The third-order valence-corrected chi connectivity index (χ3v) is 4.59. The molecule has 138 valence electrons. The molecule has 0 aliphatic heterocycles. The SMILES string of the molecule is O=C(Cn1c(C=Cc2ccccc2)nc2ccccc21)Nc1ccc(Cl)cc1. The van der Waals surface area contributed by atoms with E-state index in [9.17, 15) is 4.79 Å². The number of fused-ring (bicyclic) bond motifs is 1. The summed E-state index contributed by atoms with van der Waals surface area (Å²) in [5, 5.41) is 3.53. The highest BCUT2D eigenvalue weighted by Crippen LogP contribution is 2.19. The van der Waals surface area contributed by atoms with Crippen LogP contribution in [-0.2, 0) is 11.3 Å². The summed E-state index contributed by atoms with van der Waals surface area (Å²) in [5.41, 5.74) is 3.56. The van der Waals surface area contributed by atoms with Crippen LogP contribution in [0.2, 0.25) is 5.02 Å². The van der Waals surface area contributed by atoms with Crippen molar-refractivity contribution in [2.75, 3.05) is 5.32 Å². The van der Waals surface area contributed by atoms with E-state index in [-0.39, 0.29) is 12.5 Å². The number of rotatable bonds is 5. The monoisotopic (exact) mass is 387 g/mol. The van der Waals surface area contributed by atoms with E-state index in [1.165, 1.54) is 0 Å². The summed E-state index contributed by atoms with van der Waals surface area (Å²) >= 11 is 5.90. The molecular weight excluding hydrogens is 370 g/mol.